The zero-order valence-corrected chi connectivity index (χ0v) is 14.1. The minimum absolute atomic E-state index is 0.0197. The van der Waals surface area contributed by atoms with Crippen LogP contribution in [0.5, 0.6) is 0 Å². The van der Waals surface area contributed by atoms with Crippen molar-refractivity contribution in [2.24, 2.45) is 0 Å². The molecule has 2 heterocycles. The van der Waals surface area contributed by atoms with Gasteiger partial charge in [0.15, 0.2) is 11.5 Å². The van der Waals surface area contributed by atoms with Gasteiger partial charge in [-0.2, -0.15) is 0 Å². The van der Waals surface area contributed by atoms with Crippen molar-refractivity contribution in [2.75, 3.05) is 0 Å². The first kappa shape index (κ1) is 16.5. The van der Waals surface area contributed by atoms with E-state index in [1.165, 1.54) is 0 Å². The van der Waals surface area contributed by atoms with Gasteiger partial charge >= 0.3 is 0 Å². The molecule has 0 saturated heterocycles. The van der Waals surface area contributed by atoms with Crippen molar-refractivity contribution >= 4 is 5.91 Å². The van der Waals surface area contributed by atoms with E-state index >= 15 is 0 Å². The second kappa shape index (κ2) is 6.72. The number of benzene rings is 1. The maximum absolute atomic E-state index is 12.3. The number of carbonyl (C=O) groups is 1. The average molecular weight is 354 g/mol. The fourth-order valence-corrected chi connectivity index (χ4v) is 2.90. The van der Waals surface area contributed by atoms with E-state index in [-0.39, 0.29) is 29.5 Å². The molecule has 1 aliphatic rings. The minimum Gasteiger partial charge on any atom is -0.422 e. The number of rotatable bonds is 5. The smallest absolute Gasteiger partial charge is 0.273 e. The maximum atomic E-state index is 12.3. The van der Waals surface area contributed by atoms with Crippen LogP contribution >= 0.6 is 0 Å². The predicted octanol–water partition coefficient (Wildman–Crippen LogP) is 2.45. The summed E-state index contributed by atoms with van der Waals surface area (Å²) in [5.41, 5.74) is 1.12. The molecule has 26 heavy (non-hydrogen) atoms. The molecular formula is C18H18N4O4. The Morgan fingerprint density at radius 1 is 1.27 bits per heavy atom. The summed E-state index contributed by atoms with van der Waals surface area (Å²) >= 11 is 0. The number of hydrogen-bond donors (Lipinski definition) is 2. The van der Waals surface area contributed by atoms with Crippen LogP contribution in [0.15, 0.2) is 45.3 Å². The van der Waals surface area contributed by atoms with Gasteiger partial charge < -0.3 is 19.4 Å². The fourth-order valence-electron chi connectivity index (χ4n) is 2.90. The van der Waals surface area contributed by atoms with E-state index in [0.29, 0.717) is 24.5 Å². The summed E-state index contributed by atoms with van der Waals surface area (Å²) in [6.07, 6.45) is 0.630. The van der Waals surface area contributed by atoms with Gasteiger partial charge in [-0.25, -0.2) is 0 Å². The van der Waals surface area contributed by atoms with E-state index in [4.69, 9.17) is 8.94 Å². The average Bonchev–Trinajstić information content (AvgIpc) is 3.28. The first-order chi connectivity index (χ1) is 12.6. The number of nitrogens with one attached hydrogen (secondary N) is 1. The van der Waals surface area contributed by atoms with Crippen LogP contribution < -0.4 is 5.32 Å². The van der Waals surface area contributed by atoms with E-state index in [1.54, 1.807) is 13.0 Å². The zero-order chi connectivity index (χ0) is 18.1. The van der Waals surface area contributed by atoms with Crippen molar-refractivity contribution in [1.29, 1.82) is 0 Å². The number of aliphatic hydroxyl groups is 1. The highest BCUT2D eigenvalue weighted by Gasteiger charge is 2.36. The Balaban J connectivity index is 1.33. The molecule has 1 amide bonds. The Labute approximate surface area is 149 Å². The highest BCUT2D eigenvalue weighted by atomic mass is 16.5. The highest BCUT2D eigenvalue weighted by molar-refractivity contribution is 5.93. The molecule has 0 bridgehead atoms. The second-order valence-corrected chi connectivity index (χ2v) is 6.44. The van der Waals surface area contributed by atoms with Crippen LogP contribution in [0.25, 0.3) is 11.3 Å². The number of hydrogen-bond acceptors (Lipinski definition) is 7. The summed E-state index contributed by atoms with van der Waals surface area (Å²) in [6.45, 7) is 1.57. The molecule has 1 atom stereocenters. The van der Waals surface area contributed by atoms with Crippen molar-refractivity contribution < 1.29 is 18.8 Å². The Bertz CT molecular complexity index is 897. The van der Waals surface area contributed by atoms with Crippen molar-refractivity contribution in [2.45, 2.75) is 37.8 Å². The minimum atomic E-state index is -0.780. The molecule has 1 aliphatic carbocycles. The quantitative estimate of drug-likeness (QED) is 0.723. The van der Waals surface area contributed by atoms with Gasteiger partial charge in [-0.1, -0.05) is 35.5 Å². The lowest BCUT2D eigenvalue weighted by molar-refractivity contribution is 0.0892. The van der Waals surface area contributed by atoms with Crippen LogP contribution in [-0.4, -0.2) is 32.4 Å². The highest BCUT2D eigenvalue weighted by Crippen LogP contribution is 2.36. The molecule has 1 fully saturated rings. The molecule has 8 heteroatoms. The van der Waals surface area contributed by atoms with Gasteiger partial charge in [-0.05, 0) is 19.8 Å². The normalized spacial score (nSPS) is 20.4. The van der Waals surface area contributed by atoms with Crippen LogP contribution in [0.3, 0.4) is 0 Å². The van der Waals surface area contributed by atoms with Crippen LogP contribution in [0.1, 0.15) is 54.1 Å². The van der Waals surface area contributed by atoms with Gasteiger partial charge in [0.1, 0.15) is 6.10 Å². The molecule has 2 N–H and O–H groups in total. The molecular weight excluding hydrogens is 336 g/mol. The molecule has 134 valence electrons. The molecule has 0 unspecified atom stereocenters. The molecule has 1 saturated carbocycles. The van der Waals surface area contributed by atoms with Crippen LogP contribution in [0.4, 0.5) is 0 Å². The lowest BCUT2D eigenvalue weighted by Crippen LogP contribution is -2.43. The van der Waals surface area contributed by atoms with Gasteiger partial charge in [0.05, 0.1) is 0 Å². The Hall–Kier alpha value is -3.00. The summed E-state index contributed by atoms with van der Waals surface area (Å²) < 4.78 is 10.7. The van der Waals surface area contributed by atoms with Crippen LogP contribution in [0.2, 0.25) is 0 Å². The van der Waals surface area contributed by atoms with Gasteiger partial charge in [-0.15, -0.1) is 10.2 Å². The molecule has 0 aliphatic heterocycles. The Morgan fingerprint density at radius 2 is 2.04 bits per heavy atom. The number of aromatic nitrogens is 3. The Morgan fingerprint density at radius 3 is 2.73 bits per heavy atom. The van der Waals surface area contributed by atoms with Crippen molar-refractivity contribution in [3.8, 4) is 11.3 Å². The lowest BCUT2D eigenvalue weighted by Gasteiger charge is -2.33. The van der Waals surface area contributed by atoms with E-state index in [2.05, 4.69) is 20.7 Å². The lowest BCUT2D eigenvalue weighted by atomic mass is 9.80. The first-order valence-electron chi connectivity index (χ1n) is 8.44. The van der Waals surface area contributed by atoms with E-state index in [0.717, 1.165) is 5.56 Å². The topological polar surface area (TPSA) is 114 Å². The second-order valence-electron chi connectivity index (χ2n) is 6.44. The van der Waals surface area contributed by atoms with E-state index < -0.39 is 6.10 Å². The number of aliphatic hydroxyl groups excluding tert-OH is 1. The van der Waals surface area contributed by atoms with Gasteiger partial charge in [0.25, 0.3) is 5.91 Å². The first-order valence-corrected chi connectivity index (χ1v) is 8.44. The molecule has 0 spiro atoms. The number of carbonyl (C=O) groups excluding carboxylic acids is 1. The number of nitrogens with zero attached hydrogens (tertiary/aromatic N) is 3. The van der Waals surface area contributed by atoms with Crippen molar-refractivity contribution in [1.82, 2.24) is 20.7 Å². The largest absolute Gasteiger partial charge is 0.422 e. The summed E-state index contributed by atoms with van der Waals surface area (Å²) in [4.78, 5) is 12.3. The Kier molecular flexibility index (Phi) is 4.26. The molecule has 1 aromatic carbocycles. The van der Waals surface area contributed by atoms with Crippen LogP contribution in [-0.2, 0) is 0 Å². The molecule has 0 radical (unpaired) electrons. The molecule has 8 nitrogen and oxygen atoms in total. The van der Waals surface area contributed by atoms with Gasteiger partial charge in [0, 0.05) is 23.6 Å². The molecule has 4 rings (SSSR count). The number of amides is 1. The van der Waals surface area contributed by atoms with Crippen LogP contribution in [0, 0.1) is 0 Å². The maximum Gasteiger partial charge on any atom is 0.273 e. The SMILES string of the molecule is C[C@H](O)c1nnc([C@H]2C[C@@H](NC(=O)c3cc(-c4ccccc4)on3)C2)o1. The molecule has 2 aromatic heterocycles. The molecule has 3 aromatic rings. The van der Waals surface area contributed by atoms with Crippen molar-refractivity contribution in [3.63, 3.8) is 0 Å². The third-order valence-electron chi connectivity index (χ3n) is 4.44. The predicted molar refractivity (Wildman–Crippen MR) is 90.1 cm³/mol. The van der Waals surface area contributed by atoms with E-state index in [9.17, 15) is 9.90 Å². The fraction of sp³-hybridized carbons (Fsp3) is 0.333. The van der Waals surface area contributed by atoms with Crippen molar-refractivity contribution in [3.05, 3.63) is 53.9 Å². The van der Waals surface area contributed by atoms with Gasteiger partial charge in [-0.3, -0.25) is 4.79 Å². The zero-order valence-electron chi connectivity index (χ0n) is 14.1. The summed E-state index contributed by atoms with van der Waals surface area (Å²) in [6, 6.07) is 11.1. The summed E-state index contributed by atoms with van der Waals surface area (Å²) in [5.74, 6) is 1.09. The summed E-state index contributed by atoms with van der Waals surface area (Å²) in [7, 11) is 0. The standard InChI is InChI=1S/C18H18N4O4/c1-10(23)17-20-21-18(25-17)12-7-13(8-12)19-16(24)14-9-15(26-22-14)11-5-3-2-4-6-11/h2-6,9-10,12-13,23H,7-8H2,1H3,(H,19,24)/t10-,12-,13+/m0/s1. The van der Waals surface area contributed by atoms with Gasteiger partial charge in [0.2, 0.25) is 11.8 Å². The summed E-state index contributed by atoms with van der Waals surface area (Å²) in [5, 5.41) is 24.0. The third-order valence-corrected chi connectivity index (χ3v) is 4.44. The van der Waals surface area contributed by atoms with E-state index in [1.807, 2.05) is 30.3 Å². The third kappa shape index (κ3) is 3.23. The monoisotopic (exact) mass is 354 g/mol.